The molecule has 2 N–H and O–H groups in total. The molecule has 1 aliphatic rings. The Balaban J connectivity index is 1.66. The van der Waals surface area contributed by atoms with E-state index in [4.69, 9.17) is 4.74 Å². The molecule has 0 spiro atoms. The maximum atomic E-state index is 13.2. The summed E-state index contributed by atoms with van der Waals surface area (Å²) in [7, 11) is 1.62. The summed E-state index contributed by atoms with van der Waals surface area (Å²) in [6.45, 7) is 1.56. The van der Waals surface area contributed by atoms with Crippen LogP contribution in [0.3, 0.4) is 0 Å². The van der Waals surface area contributed by atoms with Gasteiger partial charge in [0.25, 0.3) is 5.91 Å². The SMILES string of the molecule is COc1cccc2sc(NC(=O)C3(n4cccn4)CCNCC3)nc12. The van der Waals surface area contributed by atoms with Gasteiger partial charge >= 0.3 is 0 Å². The maximum Gasteiger partial charge on any atom is 0.254 e. The lowest BCUT2D eigenvalue weighted by Crippen LogP contribution is -2.52. The number of nitrogens with zero attached hydrogens (tertiary/aromatic N) is 3. The van der Waals surface area contributed by atoms with E-state index in [1.165, 1.54) is 11.3 Å². The summed E-state index contributed by atoms with van der Waals surface area (Å²) in [5.41, 5.74) is 0.0835. The Kier molecular flexibility index (Phi) is 4.14. The summed E-state index contributed by atoms with van der Waals surface area (Å²) in [5.74, 6) is 0.633. The minimum atomic E-state index is -0.684. The van der Waals surface area contributed by atoms with E-state index in [9.17, 15) is 4.79 Å². The Morgan fingerprint density at radius 2 is 2.20 bits per heavy atom. The van der Waals surface area contributed by atoms with Crippen LogP contribution in [0.2, 0.25) is 0 Å². The lowest BCUT2D eigenvalue weighted by atomic mass is 9.87. The number of thiazole rings is 1. The molecule has 1 aromatic carbocycles. The Morgan fingerprint density at radius 1 is 1.36 bits per heavy atom. The van der Waals surface area contributed by atoms with Crippen LogP contribution in [0.15, 0.2) is 36.7 Å². The van der Waals surface area contributed by atoms with E-state index in [1.807, 2.05) is 30.5 Å². The summed E-state index contributed by atoms with van der Waals surface area (Å²) in [6.07, 6.45) is 4.94. The molecule has 0 radical (unpaired) electrons. The van der Waals surface area contributed by atoms with Crippen molar-refractivity contribution < 1.29 is 9.53 Å². The highest BCUT2D eigenvalue weighted by molar-refractivity contribution is 7.22. The second kappa shape index (κ2) is 6.45. The lowest BCUT2D eigenvalue weighted by Gasteiger charge is -2.36. The van der Waals surface area contributed by atoms with Crippen LogP contribution in [0, 0.1) is 0 Å². The summed E-state index contributed by atoms with van der Waals surface area (Å²) < 4.78 is 8.10. The number of carbonyl (C=O) groups is 1. The molecule has 0 aliphatic carbocycles. The van der Waals surface area contributed by atoms with Gasteiger partial charge in [-0.25, -0.2) is 4.98 Å². The highest BCUT2D eigenvalue weighted by atomic mass is 32.1. The molecule has 0 bridgehead atoms. The number of carbonyl (C=O) groups excluding carboxylic acids is 1. The molecule has 8 heteroatoms. The first-order valence-corrected chi connectivity index (χ1v) is 9.00. The van der Waals surface area contributed by atoms with Crippen LogP contribution in [0.25, 0.3) is 10.2 Å². The van der Waals surface area contributed by atoms with Gasteiger partial charge in [0.1, 0.15) is 16.8 Å². The van der Waals surface area contributed by atoms with E-state index >= 15 is 0 Å². The predicted octanol–water partition coefficient (Wildman–Crippen LogP) is 2.22. The van der Waals surface area contributed by atoms with Gasteiger partial charge in [0.15, 0.2) is 5.13 Å². The molecule has 0 saturated carbocycles. The summed E-state index contributed by atoms with van der Waals surface area (Å²) >= 11 is 1.45. The number of para-hydroxylation sites is 1. The van der Waals surface area contributed by atoms with Gasteiger partial charge in [-0.05, 0) is 44.1 Å². The third-order valence-electron chi connectivity index (χ3n) is 4.62. The zero-order chi connectivity index (χ0) is 17.3. The first kappa shape index (κ1) is 16.0. The van der Waals surface area contributed by atoms with Crippen molar-refractivity contribution in [3.63, 3.8) is 0 Å². The van der Waals surface area contributed by atoms with Gasteiger partial charge < -0.3 is 10.1 Å². The zero-order valence-corrected chi connectivity index (χ0v) is 14.7. The fourth-order valence-electron chi connectivity index (χ4n) is 3.28. The van der Waals surface area contributed by atoms with Crippen LogP contribution in [0.1, 0.15) is 12.8 Å². The number of ether oxygens (including phenoxy) is 1. The highest BCUT2D eigenvalue weighted by Crippen LogP contribution is 2.34. The average Bonchev–Trinajstić information content (AvgIpc) is 3.31. The Bertz CT molecular complexity index is 884. The molecule has 1 fully saturated rings. The van der Waals surface area contributed by atoms with Crippen molar-refractivity contribution in [2.24, 2.45) is 0 Å². The number of aromatic nitrogens is 3. The number of nitrogens with one attached hydrogen (secondary N) is 2. The van der Waals surface area contributed by atoms with Crippen molar-refractivity contribution in [2.75, 3.05) is 25.5 Å². The van der Waals surface area contributed by atoms with Crippen LogP contribution in [-0.2, 0) is 10.3 Å². The number of piperidine rings is 1. The van der Waals surface area contributed by atoms with Gasteiger partial charge in [0.2, 0.25) is 0 Å². The molecular formula is C17H19N5O2S. The molecule has 1 saturated heterocycles. The van der Waals surface area contributed by atoms with E-state index in [-0.39, 0.29) is 5.91 Å². The molecule has 25 heavy (non-hydrogen) atoms. The van der Waals surface area contributed by atoms with E-state index in [0.717, 1.165) is 23.3 Å². The number of rotatable bonds is 4. The molecular weight excluding hydrogens is 338 g/mol. The van der Waals surface area contributed by atoms with Crippen LogP contribution in [0.5, 0.6) is 5.75 Å². The highest BCUT2D eigenvalue weighted by Gasteiger charge is 2.42. The van der Waals surface area contributed by atoms with Gasteiger partial charge in [-0.1, -0.05) is 17.4 Å². The minimum Gasteiger partial charge on any atom is -0.494 e. The first-order valence-electron chi connectivity index (χ1n) is 8.19. The molecule has 2 aromatic heterocycles. The van der Waals surface area contributed by atoms with E-state index in [1.54, 1.807) is 18.0 Å². The number of amides is 1. The Labute approximate surface area is 149 Å². The number of anilines is 1. The third-order valence-corrected chi connectivity index (χ3v) is 5.55. The molecule has 130 valence electrons. The van der Waals surface area contributed by atoms with Crippen molar-refractivity contribution in [3.05, 3.63) is 36.7 Å². The van der Waals surface area contributed by atoms with Crippen LogP contribution < -0.4 is 15.4 Å². The molecule has 3 aromatic rings. The normalized spacial score (nSPS) is 16.7. The minimum absolute atomic E-state index is 0.0734. The number of benzene rings is 1. The van der Waals surface area contributed by atoms with Gasteiger partial charge in [0, 0.05) is 12.4 Å². The standard InChI is InChI=1S/C17H19N5O2S/c1-24-12-4-2-5-13-14(12)20-16(25-13)21-15(23)17(6-9-18-10-7-17)22-11-3-8-19-22/h2-5,8,11,18H,6-7,9-10H2,1H3,(H,20,21,23). The smallest absolute Gasteiger partial charge is 0.254 e. The monoisotopic (exact) mass is 357 g/mol. The van der Waals surface area contributed by atoms with Crippen molar-refractivity contribution in [1.29, 1.82) is 0 Å². The van der Waals surface area contributed by atoms with Crippen molar-refractivity contribution in [2.45, 2.75) is 18.4 Å². The van der Waals surface area contributed by atoms with Gasteiger partial charge in [-0.15, -0.1) is 0 Å². The second-order valence-electron chi connectivity index (χ2n) is 6.01. The number of hydrogen-bond donors (Lipinski definition) is 2. The largest absolute Gasteiger partial charge is 0.494 e. The fourth-order valence-corrected chi connectivity index (χ4v) is 4.16. The Hall–Kier alpha value is -2.45. The van der Waals surface area contributed by atoms with Crippen molar-refractivity contribution in [1.82, 2.24) is 20.1 Å². The first-order chi connectivity index (χ1) is 12.2. The van der Waals surface area contributed by atoms with Gasteiger partial charge in [-0.3, -0.25) is 14.8 Å². The topological polar surface area (TPSA) is 81.1 Å². The molecule has 0 unspecified atom stereocenters. The van der Waals surface area contributed by atoms with Gasteiger partial charge in [-0.2, -0.15) is 5.10 Å². The summed E-state index contributed by atoms with van der Waals surface area (Å²) in [6, 6.07) is 7.60. The lowest BCUT2D eigenvalue weighted by molar-refractivity contribution is -0.126. The second-order valence-corrected chi connectivity index (χ2v) is 7.04. The quantitative estimate of drug-likeness (QED) is 0.748. The molecule has 3 heterocycles. The van der Waals surface area contributed by atoms with Crippen LogP contribution in [0.4, 0.5) is 5.13 Å². The number of fused-ring (bicyclic) bond motifs is 1. The van der Waals surface area contributed by atoms with Crippen LogP contribution in [-0.4, -0.2) is 40.9 Å². The molecule has 1 aliphatic heterocycles. The Morgan fingerprint density at radius 3 is 2.92 bits per heavy atom. The van der Waals surface area contributed by atoms with E-state index in [0.29, 0.717) is 23.7 Å². The summed E-state index contributed by atoms with van der Waals surface area (Å²) in [4.78, 5) is 17.7. The number of hydrogen-bond acceptors (Lipinski definition) is 6. The molecule has 7 nitrogen and oxygen atoms in total. The third kappa shape index (κ3) is 2.77. The molecule has 0 atom stereocenters. The fraction of sp³-hybridized carbons (Fsp3) is 0.353. The zero-order valence-electron chi connectivity index (χ0n) is 13.9. The summed E-state index contributed by atoms with van der Waals surface area (Å²) in [5, 5.41) is 11.2. The van der Waals surface area contributed by atoms with E-state index < -0.39 is 5.54 Å². The molecule has 1 amide bonds. The van der Waals surface area contributed by atoms with Crippen molar-refractivity contribution >= 4 is 32.6 Å². The molecule has 4 rings (SSSR count). The average molecular weight is 357 g/mol. The van der Waals surface area contributed by atoms with E-state index in [2.05, 4.69) is 20.7 Å². The predicted molar refractivity (Wildman–Crippen MR) is 97.1 cm³/mol. The number of methoxy groups -OCH3 is 1. The maximum absolute atomic E-state index is 13.2. The van der Waals surface area contributed by atoms with Crippen LogP contribution >= 0.6 is 11.3 Å². The van der Waals surface area contributed by atoms with Gasteiger partial charge in [0.05, 0.1) is 11.8 Å². The van der Waals surface area contributed by atoms with Crippen molar-refractivity contribution in [3.8, 4) is 5.75 Å².